The van der Waals surface area contributed by atoms with Gasteiger partial charge >= 0.3 is 0 Å². The van der Waals surface area contributed by atoms with Gasteiger partial charge in [-0.1, -0.05) is 159 Å². The van der Waals surface area contributed by atoms with Gasteiger partial charge in [0, 0.05) is 5.41 Å². The molecule has 12 rings (SSSR count). The highest BCUT2D eigenvalue weighted by molar-refractivity contribution is 6.28. The van der Waals surface area contributed by atoms with E-state index in [-0.39, 0.29) is 5.41 Å². The highest BCUT2D eigenvalue weighted by Gasteiger charge is 2.31. The van der Waals surface area contributed by atoms with Crippen molar-refractivity contribution < 1.29 is 0 Å². The summed E-state index contributed by atoms with van der Waals surface area (Å²) in [6, 6.07) is 56.8. The largest absolute Gasteiger partial charge is 0.0665 e. The van der Waals surface area contributed by atoms with E-state index in [1.807, 2.05) is 0 Å². The van der Waals surface area contributed by atoms with Crippen LogP contribution in [-0.2, 0) is 0 Å². The van der Waals surface area contributed by atoms with Crippen molar-refractivity contribution >= 4 is 92.6 Å². The molecule has 10 aromatic carbocycles. The van der Waals surface area contributed by atoms with Crippen LogP contribution in [0.5, 0.6) is 0 Å². The summed E-state index contributed by atoms with van der Waals surface area (Å²) in [6.07, 6.45) is 7.41. The van der Waals surface area contributed by atoms with E-state index >= 15 is 0 Å². The van der Waals surface area contributed by atoms with Crippen LogP contribution in [0.1, 0.15) is 19.4 Å². The van der Waals surface area contributed by atoms with Crippen molar-refractivity contribution in [3.05, 3.63) is 185 Å². The fourth-order valence-electron chi connectivity index (χ4n) is 10.1. The molecular weight excluding hydrogens is 637 g/mol. The molecule has 53 heavy (non-hydrogen) atoms. The van der Waals surface area contributed by atoms with Gasteiger partial charge in [0.1, 0.15) is 0 Å². The van der Waals surface area contributed by atoms with Crippen LogP contribution < -0.4 is 10.4 Å². The summed E-state index contributed by atoms with van der Waals surface area (Å²) in [5, 5.41) is 21.1. The van der Waals surface area contributed by atoms with Crippen LogP contribution in [0.15, 0.2) is 169 Å². The highest BCUT2D eigenvalue weighted by atomic mass is 14.3. The number of rotatable bonds is 2. The molecule has 0 unspecified atom stereocenters. The SMILES string of the molecule is CC1(C)C=C(c2ccc3ccc4c(-c5cccc6ccccc56)ccc5ccc2c3c54)C=C2C=c3cc4c5ccccc5c5ccccc5c4cc3=C21. The predicted molar refractivity (Wildman–Crippen MR) is 229 cm³/mol. The van der Waals surface area contributed by atoms with Crippen LogP contribution in [-0.4, -0.2) is 0 Å². The van der Waals surface area contributed by atoms with Crippen molar-refractivity contribution in [1.82, 2.24) is 0 Å². The number of allylic oxidation sites excluding steroid dienone is 4. The summed E-state index contributed by atoms with van der Waals surface area (Å²) in [4.78, 5) is 0. The molecule has 0 saturated heterocycles. The Morgan fingerprint density at radius 2 is 0.887 bits per heavy atom. The van der Waals surface area contributed by atoms with Crippen molar-refractivity contribution in [3.63, 3.8) is 0 Å². The van der Waals surface area contributed by atoms with E-state index in [9.17, 15) is 0 Å². The van der Waals surface area contributed by atoms with Crippen LogP contribution in [0.25, 0.3) is 104 Å². The molecule has 0 radical (unpaired) electrons. The minimum atomic E-state index is -0.160. The van der Waals surface area contributed by atoms with Crippen LogP contribution in [0.2, 0.25) is 0 Å². The first-order chi connectivity index (χ1) is 26.0. The summed E-state index contributed by atoms with van der Waals surface area (Å²) in [7, 11) is 0. The predicted octanol–water partition coefficient (Wildman–Crippen LogP) is 12.9. The molecule has 0 aromatic heterocycles. The Labute approximate surface area is 307 Å². The first-order valence-corrected chi connectivity index (χ1v) is 18.8. The molecule has 2 aliphatic rings. The van der Waals surface area contributed by atoms with E-state index in [4.69, 9.17) is 0 Å². The lowest BCUT2D eigenvalue weighted by Crippen LogP contribution is -2.28. The quantitative estimate of drug-likeness (QED) is 0.161. The van der Waals surface area contributed by atoms with E-state index in [2.05, 4.69) is 184 Å². The molecular formula is C53H34. The molecule has 0 fully saturated rings. The second kappa shape index (κ2) is 10.3. The fourth-order valence-corrected chi connectivity index (χ4v) is 10.1. The molecule has 0 saturated carbocycles. The first kappa shape index (κ1) is 29.1. The maximum absolute atomic E-state index is 2.52. The molecule has 0 heterocycles. The molecule has 246 valence electrons. The van der Waals surface area contributed by atoms with Crippen molar-refractivity contribution in [1.29, 1.82) is 0 Å². The number of fused-ring (bicyclic) bond motifs is 9. The Morgan fingerprint density at radius 3 is 1.58 bits per heavy atom. The Morgan fingerprint density at radius 1 is 0.358 bits per heavy atom. The molecule has 0 heteroatoms. The Bertz CT molecular complexity index is 3450. The van der Waals surface area contributed by atoms with Crippen molar-refractivity contribution in [2.24, 2.45) is 5.41 Å². The molecule has 0 atom stereocenters. The van der Waals surface area contributed by atoms with E-state index < -0.39 is 0 Å². The molecule has 0 spiro atoms. The van der Waals surface area contributed by atoms with Gasteiger partial charge in [-0.15, -0.1) is 0 Å². The number of benzene rings is 10. The summed E-state index contributed by atoms with van der Waals surface area (Å²) in [6.45, 7) is 4.79. The summed E-state index contributed by atoms with van der Waals surface area (Å²) in [5.74, 6) is 0. The van der Waals surface area contributed by atoms with E-state index in [0.29, 0.717) is 0 Å². The molecule has 10 aromatic rings. The van der Waals surface area contributed by atoms with Crippen LogP contribution in [0, 0.1) is 5.41 Å². The van der Waals surface area contributed by atoms with Gasteiger partial charge in [0.2, 0.25) is 0 Å². The third-order valence-electron chi connectivity index (χ3n) is 12.3. The van der Waals surface area contributed by atoms with E-state index in [0.717, 1.165) is 0 Å². The minimum absolute atomic E-state index is 0.160. The Hall–Kier alpha value is -6.50. The standard InChI is InChI=1S/C53H34/c1-53(2)30-36(27-35-26-34-28-48-42-15-7-5-13-40(42)41-14-6-8-16-43(41)49(48)29-47(34)52(35)53)38-22-18-32-21-25-46-44(23-19-33-20-24-45(38)50(32)51(33)46)39-17-9-11-31-10-3-4-12-37(31)39/h3-30H,1-2H3. The zero-order valence-corrected chi connectivity index (χ0v) is 29.7. The van der Waals surface area contributed by atoms with Crippen molar-refractivity contribution in [2.45, 2.75) is 13.8 Å². The van der Waals surface area contributed by atoms with Crippen molar-refractivity contribution in [3.8, 4) is 11.1 Å². The monoisotopic (exact) mass is 670 g/mol. The lowest BCUT2D eigenvalue weighted by atomic mass is 9.73. The summed E-state index contributed by atoms with van der Waals surface area (Å²) < 4.78 is 0. The van der Waals surface area contributed by atoms with Gasteiger partial charge in [0.15, 0.2) is 0 Å². The molecule has 0 aliphatic heterocycles. The Balaban J connectivity index is 1.08. The normalized spacial score (nSPS) is 15.1. The van der Waals surface area contributed by atoms with Gasteiger partial charge in [-0.05, 0) is 144 Å². The van der Waals surface area contributed by atoms with Crippen molar-refractivity contribution in [2.75, 3.05) is 0 Å². The maximum Gasteiger partial charge on any atom is 0.00965 e. The first-order valence-electron chi connectivity index (χ1n) is 18.8. The molecule has 0 amide bonds. The van der Waals surface area contributed by atoms with Crippen LogP contribution >= 0.6 is 0 Å². The average Bonchev–Trinajstić information content (AvgIpc) is 3.57. The third kappa shape index (κ3) is 3.96. The third-order valence-corrected chi connectivity index (χ3v) is 12.3. The lowest BCUT2D eigenvalue weighted by molar-refractivity contribution is 0.647. The van der Waals surface area contributed by atoms with Gasteiger partial charge < -0.3 is 0 Å². The topological polar surface area (TPSA) is 0 Å². The molecule has 0 nitrogen and oxygen atoms in total. The van der Waals surface area contributed by atoms with Gasteiger partial charge in [0.25, 0.3) is 0 Å². The maximum atomic E-state index is 2.52. The van der Waals surface area contributed by atoms with E-state index in [1.165, 1.54) is 119 Å². The second-order valence-electron chi connectivity index (χ2n) is 15.7. The fraction of sp³-hybridized carbons (Fsp3) is 0.0566. The number of hydrogen-bond donors (Lipinski definition) is 0. The zero-order chi connectivity index (χ0) is 35.0. The zero-order valence-electron chi connectivity index (χ0n) is 29.7. The van der Waals surface area contributed by atoms with E-state index in [1.54, 1.807) is 0 Å². The van der Waals surface area contributed by atoms with Gasteiger partial charge in [-0.2, -0.15) is 0 Å². The average molecular weight is 671 g/mol. The molecule has 0 N–H and O–H groups in total. The highest BCUT2D eigenvalue weighted by Crippen LogP contribution is 2.47. The smallest absolute Gasteiger partial charge is 0.00965 e. The lowest BCUT2D eigenvalue weighted by Gasteiger charge is -2.30. The summed E-state index contributed by atoms with van der Waals surface area (Å²) >= 11 is 0. The van der Waals surface area contributed by atoms with Crippen LogP contribution in [0.3, 0.4) is 0 Å². The van der Waals surface area contributed by atoms with Crippen LogP contribution in [0.4, 0.5) is 0 Å². The van der Waals surface area contributed by atoms with Gasteiger partial charge in [-0.25, -0.2) is 0 Å². The number of hydrogen-bond acceptors (Lipinski definition) is 0. The molecule has 0 bridgehead atoms. The summed E-state index contributed by atoms with van der Waals surface area (Å²) in [5.41, 5.74) is 7.77. The second-order valence-corrected chi connectivity index (χ2v) is 15.7. The van der Waals surface area contributed by atoms with Gasteiger partial charge in [-0.3, -0.25) is 0 Å². The molecule has 2 aliphatic carbocycles. The van der Waals surface area contributed by atoms with Gasteiger partial charge in [0.05, 0.1) is 0 Å². The Kier molecular flexibility index (Phi) is 5.66. The minimum Gasteiger partial charge on any atom is -0.0665 e.